The summed E-state index contributed by atoms with van der Waals surface area (Å²) in [6.45, 7) is 7.04. The average molecular weight is 261 g/mol. The van der Waals surface area contributed by atoms with Gasteiger partial charge in [-0.25, -0.2) is 4.98 Å². The zero-order valence-corrected chi connectivity index (χ0v) is 11.8. The minimum absolute atomic E-state index is 0.268. The molecule has 0 bridgehead atoms. The smallest absolute Gasteiger partial charge is 0.110 e. The van der Waals surface area contributed by atoms with Gasteiger partial charge in [-0.3, -0.25) is 0 Å². The van der Waals surface area contributed by atoms with Gasteiger partial charge in [-0.1, -0.05) is 12.1 Å². The molecule has 0 aliphatic carbocycles. The van der Waals surface area contributed by atoms with E-state index in [2.05, 4.69) is 35.6 Å². The van der Waals surface area contributed by atoms with Crippen molar-refractivity contribution in [1.29, 1.82) is 0 Å². The fourth-order valence-electron chi connectivity index (χ4n) is 1.82. The van der Waals surface area contributed by atoms with Crippen LogP contribution in [-0.4, -0.2) is 4.98 Å². The first-order valence-corrected chi connectivity index (χ1v) is 6.95. The summed E-state index contributed by atoms with van der Waals surface area (Å²) in [5, 5.41) is 6.70. The van der Waals surface area contributed by atoms with Gasteiger partial charge in [-0.05, 0) is 38.0 Å². The van der Waals surface area contributed by atoms with Crippen LogP contribution in [0, 0.1) is 13.8 Å². The molecule has 1 aromatic heterocycles. The van der Waals surface area contributed by atoms with E-state index in [0.29, 0.717) is 0 Å². The fourth-order valence-corrected chi connectivity index (χ4v) is 2.64. The van der Waals surface area contributed by atoms with Crippen LogP contribution in [0.15, 0.2) is 23.6 Å². The Hall–Kier alpha value is -1.39. The van der Waals surface area contributed by atoms with E-state index >= 15 is 0 Å². The quantitative estimate of drug-likeness (QED) is 0.831. The third kappa shape index (κ3) is 2.89. The van der Waals surface area contributed by atoms with Gasteiger partial charge < -0.3 is 11.1 Å². The highest BCUT2D eigenvalue weighted by molar-refractivity contribution is 7.09. The van der Waals surface area contributed by atoms with Crippen LogP contribution in [0.3, 0.4) is 0 Å². The van der Waals surface area contributed by atoms with Crippen molar-refractivity contribution in [3.63, 3.8) is 0 Å². The summed E-state index contributed by atoms with van der Waals surface area (Å²) in [7, 11) is 0. The lowest BCUT2D eigenvalue weighted by atomic mass is 10.1. The second-order valence-corrected chi connectivity index (χ2v) is 5.45. The maximum absolute atomic E-state index is 5.90. The number of aryl methyl sites for hydroxylation is 1. The number of nitrogens with zero attached hydrogens (tertiary/aromatic N) is 1. The number of hydrogen-bond acceptors (Lipinski definition) is 4. The molecule has 4 heteroatoms. The summed E-state index contributed by atoms with van der Waals surface area (Å²) in [5.41, 5.74) is 10.2. The highest BCUT2D eigenvalue weighted by Crippen LogP contribution is 2.20. The topological polar surface area (TPSA) is 50.9 Å². The molecule has 0 radical (unpaired) electrons. The number of aromatic nitrogens is 1. The molecule has 0 saturated carbocycles. The van der Waals surface area contributed by atoms with Gasteiger partial charge in [0.05, 0.1) is 6.04 Å². The van der Waals surface area contributed by atoms with E-state index in [0.717, 1.165) is 28.5 Å². The van der Waals surface area contributed by atoms with Crippen molar-refractivity contribution in [2.24, 2.45) is 0 Å². The van der Waals surface area contributed by atoms with Gasteiger partial charge >= 0.3 is 0 Å². The molecule has 1 aromatic carbocycles. The van der Waals surface area contributed by atoms with Gasteiger partial charge in [0.15, 0.2) is 0 Å². The van der Waals surface area contributed by atoms with Crippen molar-refractivity contribution in [3.8, 4) is 0 Å². The molecular weight excluding hydrogens is 242 g/mol. The minimum atomic E-state index is 0.268. The molecule has 96 valence electrons. The lowest BCUT2D eigenvalue weighted by Crippen LogP contribution is -2.18. The van der Waals surface area contributed by atoms with Gasteiger partial charge in [0.2, 0.25) is 0 Å². The predicted octanol–water partition coefficient (Wildman–Crippen LogP) is 3.19. The van der Waals surface area contributed by atoms with Gasteiger partial charge in [0.25, 0.3) is 0 Å². The Morgan fingerprint density at radius 2 is 2.17 bits per heavy atom. The summed E-state index contributed by atoms with van der Waals surface area (Å²) in [6, 6.07) is 6.31. The van der Waals surface area contributed by atoms with Crippen LogP contribution in [-0.2, 0) is 6.54 Å². The molecule has 0 amide bonds. The highest BCUT2D eigenvalue weighted by Gasteiger charge is 2.09. The van der Waals surface area contributed by atoms with Crippen LogP contribution >= 0.6 is 11.3 Å². The first-order valence-electron chi connectivity index (χ1n) is 6.07. The largest absolute Gasteiger partial charge is 0.399 e. The Bertz CT molecular complexity index is 534. The molecule has 18 heavy (non-hydrogen) atoms. The Kier molecular flexibility index (Phi) is 3.99. The Balaban J connectivity index is 2.01. The lowest BCUT2D eigenvalue weighted by molar-refractivity contribution is 0.570. The number of thiazole rings is 1. The molecule has 1 unspecified atom stereocenters. The second-order valence-electron chi connectivity index (χ2n) is 4.56. The van der Waals surface area contributed by atoms with E-state index in [1.165, 1.54) is 5.56 Å². The van der Waals surface area contributed by atoms with E-state index in [9.17, 15) is 0 Å². The van der Waals surface area contributed by atoms with E-state index < -0.39 is 0 Å². The number of anilines is 1. The first kappa shape index (κ1) is 13.1. The van der Waals surface area contributed by atoms with Crippen molar-refractivity contribution >= 4 is 17.0 Å². The molecule has 0 aliphatic heterocycles. The number of nitrogens with one attached hydrogen (secondary N) is 1. The van der Waals surface area contributed by atoms with Crippen LogP contribution in [0.2, 0.25) is 0 Å². The number of nitrogens with two attached hydrogens (primary N) is 1. The summed E-state index contributed by atoms with van der Waals surface area (Å²) in [4.78, 5) is 4.49. The van der Waals surface area contributed by atoms with E-state index in [1.807, 2.05) is 19.1 Å². The van der Waals surface area contributed by atoms with Gasteiger partial charge in [-0.15, -0.1) is 11.3 Å². The van der Waals surface area contributed by atoms with Crippen molar-refractivity contribution in [2.75, 3.05) is 5.73 Å². The zero-order chi connectivity index (χ0) is 13.1. The maximum Gasteiger partial charge on any atom is 0.110 e. The number of benzene rings is 1. The minimum Gasteiger partial charge on any atom is -0.399 e. The van der Waals surface area contributed by atoms with E-state index in [1.54, 1.807) is 11.3 Å². The normalized spacial score (nSPS) is 12.6. The maximum atomic E-state index is 5.90. The van der Waals surface area contributed by atoms with Crippen LogP contribution in [0.25, 0.3) is 0 Å². The van der Waals surface area contributed by atoms with Crippen molar-refractivity contribution in [3.05, 3.63) is 45.4 Å². The molecule has 0 aliphatic rings. The molecule has 1 atom stereocenters. The first-order chi connectivity index (χ1) is 8.58. The Morgan fingerprint density at radius 3 is 2.83 bits per heavy atom. The van der Waals surface area contributed by atoms with Gasteiger partial charge in [-0.2, -0.15) is 0 Å². The van der Waals surface area contributed by atoms with E-state index in [4.69, 9.17) is 5.73 Å². The number of nitrogen functional groups attached to an aromatic ring is 1. The summed E-state index contributed by atoms with van der Waals surface area (Å²) in [5.74, 6) is 0. The third-order valence-electron chi connectivity index (χ3n) is 3.09. The molecule has 2 aromatic rings. The lowest BCUT2D eigenvalue weighted by Gasteiger charge is -2.13. The van der Waals surface area contributed by atoms with Gasteiger partial charge in [0, 0.05) is 23.3 Å². The zero-order valence-electron chi connectivity index (χ0n) is 11.0. The number of hydrogen-bond donors (Lipinski definition) is 2. The summed E-state index contributed by atoms with van der Waals surface area (Å²) >= 11 is 1.70. The average Bonchev–Trinajstić information content (AvgIpc) is 2.77. The molecule has 0 fully saturated rings. The predicted molar refractivity (Wildman–Crippen MR) is 77.7 cm³/mol. The molecule has 2 rings (SSSR count). The highest BCUT2D eigenvalue weighted by atomic mass is 32.1. The van der Waals surface area contributed by atoms with Crippen molar-refractivity contribution in [1.82, 2.24) is 10.3 Å². The van der Waals surface area contributed by atoms with Crippen LogP contribution in [0.5, 0.6) is 0 Å². The Morgan fingerprint density at radius 1 is 1.39 bits per heavy atom. The van der Waals surface area contributed by atoms with Crippen molar-refractivity contribution in [2.45, 2.75) is 33.4 Å². The van der Waals surface area contributed by atoms with Crippen LogP contribution < -0.4 is 11.1 Å². The Labute approximate surface area is 112 Å². The van der Waals surface area contributed by atoms with Gasteiger partial charge in [0.1, 0.15) is 5.01 Å². The third-order valence-corrected chi connectivity index (χ3v) is 4.24. The molecule has 0 spiro atoms. The molecule has 0 saturated heterocycles. The van der Waals surface area contributed by atoms with Crippen LogP contribution in [0.4, 0.5) is 5.69 Å². The van der Waals surface area contributed by atoms with E-state index in [-0.39, 0.29) is 6.04 Å². The summed E-state index contributed by atoms with van der Waals surface area (Å²) < 4.78 is 0. The standard InChI is InChI=1S/C14H19N3S/c1-9-8-18-14(17-9)11(3)16-7-12-5-4-6-13(15)10(12)2/h4-6,8,11,16H,7,15H2,1-3H3. The van der Waals surface area contributed by atoms with Crippen LogP contribution in [0.1, 0.15) is 34.8 Å². The second kappa shape index (κ2) is 5.50. The molecular formula is C14H19N3S. The van der Waals surface area contributed by atoms with Crippen molar-refractivity contribution < 1.29 is 0 Å². The molecule has 3 nitrogen and oxygen atoms in total. The number of rotatable bonds is 4. The molecule has 1 heterocycles. The monoisotopic (exact) mass is 261 g/mol. The fraction of sp³-hybridized carbons (Fsp3) is 0.357. The summed E-state index contributed by atoms with van der Waals surface area (Å²) in [6.07, 6.45) is 0. The SMILES string of the molecule is Cc1csc(C(C)NCc2cccc(N)c2C)n1. The molecule has 3 N–H and O–H groups in total.